The van der Waals surface area contributed by atoms with Crippen molar-refractivity contribution in [1.29, 1.82) is 0 Å². The normalized spacial score (nSPS) is 22.2. The number of piperidine rings is 1. The number of hydrogen-bond donors (Lipinski definition) is 2. The molecule has 0 saturated carbocycles. The minimum atomic E-state index is -0.892. The molecule has 6 heteroatoms. The molecular weight excluding hydrogens is 297 g/mol. The molecule has 2 N–H and O–H groups in total. The average molecular weight is 319 g/mol. The zero-order valence-electron chi connectivity index (χ0n) is 13.3. The van der Waals surface area contributed by atoms with Gasteiger partial charge in [-0.25, -0.2) is 9.37 Å². The van der Waals surface area contributed by atoms with Crippen LogP contribution in [0, 0.1) is 12.7 Å². The molecule has 1 unspecified atom stereocenters. The van der Waals surface area contributed by atoms with Crippen LogP contribution in [0.4, 0.5) is 4.39 Å². The van der Waals surface area contributed by atoms with E-state index in [2.05, 4.69) is 14.9 Å². The first kappa shape index (κ1) is 16.0. The number of aromatic nitrogens is 2. The van der Waals surface area contributed by atoms with Crippen molar-refractivity contribution in [3.63, 3.8) is 0 Å². The topological polar surface area (TPSA) is 61.4 Å². The molecule has 2 heterocycles. The molecule has 5 nitrogen and oxygen atoms in total. The van der Waals surface area contributed by atoms with Gasteiger partial charge < -0.3 is 14.8 Å². The number of aryl methyl sites for hydroxylation is 1. The molecule has 1 aliphatic heterocycles. The molecule has 1 aromatic heterocycles. The summed E-state index contributed by atoms with van der Waals surface area (Å²) in [6.07, 6.45) is 3.30. The Labute approximate surface area is 135 Å². The molecule has 1 fully saturated rings. The summed E-state index contributed by atoms with van der Waals surface area (Å²) in [6, 6.07) is 5.86. The highest BCUT2D eigenvalue weighted by Gasteiger charge is 2.34. The summed E-state index contributed by atoms with van der Waals surface area (Å²) in [5, 5.41) is 10.8. The molecule has 2 aromatic rings. The van der Waals surface area contributed by atoms with Crippen LogP contribution in [0.25, 0.3) is 0 Å². The van der Waals surface area contributed by atoms with E-state index in [-0.39, 0.29) is 12.4 Å². The van der Waals surface area contributed by atoms with Crippen LogP contribution in [0.2, 0.25) is 0 Å². The number of likely N-dealkylation sites (tertiary alicyclic amines) is 1. The van der Waals surface area contributed by atoms with E-state index < -0.39 is 5.60 Å². The number of rotatable bonds is 5. The Morgan fingerprint density at radius 2 is 2.17 bits per heavy atom. The van der Waals surface area contributed by atoms with Gasteiger partial charge in [-0.15, -0.1) is 0 Å². The fourth-order valence-corrected chi connectivity index (χ4v) is 2.97. The van der Waals surface area contributed by atoms with E-state index in [1.165, 1.54) is 12.1 Å². The van der Waals surface area contributed by atoms with Crippen LogP contribution in [0.5, 0.6) is 5.75 Å². The van der Waals surface area contributed by atoms with Gasteiger partial charge in [-0.05, 0) is 50.6 Å². The number of β-amino-alcohol motifs (C(OH)–C–C–N with tert-alkyl or cyclic N) is 1. The first-order valence-electron chi connectivity index (χ1n) is 7.86. The number of H-pyrrole nitrogens is 1. The van der Waals surface area contributed by atoms with Gasteiger partial charge in [-0.1, -0.05) is 0 Å². The van der Waals surface area contributed by atoms with Crippen LogP contribution in [-0.2, 0) is 6.54 Å². The van der Waals surface area contributed by atoms with Crippen molar-refractivity contribution in [1.82, 2.24) is 14.9 Å². The Bertz CT molecular complexity index is 644. The van der Waals surface area contributed by atoms with Crippen LogP contribution in [-0.4, -0.2) is 45.3 Å². The summed E-state index contributed by atoms with van der Waals surface area (Å²) in [6.45, 7) is 4.39. The number of benzene rings is 1. The fourth-order valence-electron chi connectivity index (χ4n) is 2.97. The van der Waals surface area contributed by atoms with E-state index in [9.17, 15) is 9.50 Å². The number of nitrogens with one attached hydrogen (secondary N) is 1. The van der Waals surface area contributed by atoms with E-state index in [4.69, 9.17) is 4.74 Å². The van der Waals surface area contributed by atoms with Crippen molar-refractivity contribution < 1.29 is 14.2 Å². The van der Waals surface area contributed by atoms with E-state index in [1.807, 2.05) is 6.92 Å². The van der Waals surface area contributed by atoms with Crippen LogP contribution in [0.3, 0.4) is 0 Å². The molecule has 1 atom stereocenters. The van der Waals surface area contributed by atoms with Crippen molar-refractivity contribution in [2.75, 3.05) is 19.7 Å². The zero-order chi connectivity index (χ0) is 16.3. The lowest BCUT2D eigenvalue weighted by atomic mass is 9.93. The summed E-state index contributed by atoms with van der Waals surface area (Å²) in [5.74, 6) is 0.273. The molecule has 23 heavy (non-hydrogen) atoms. The summed E-state index contributed by atoms with van der Waals surface area (Å²) < 4.78 is 18.5. The van der Waals surface area contributed by atoms with Crippen LogP contribution in [0.1, 0.15) is 24.2 Å². The first-order chi connectivity index (χ1) is 11.0. The Balaban J connectivity index is 1.57. The maximum atomic E-state index is 12.9. The molecule has 0 amide bonds. The second-order valence-electron chi connectivity index (χ2n) is 6.26. The predicted molar refractivity (Wildman–Crippen MR) is 84.7 cm³/mol. The first-order valence-corrected chi connectivity index (χ1v) is 7.86. The Morgan fingerprint density at radius 1 is 1.39 bits per heavy atom. The monoisotopic (exact) mass is 319 g/mol. The summed E-state index contributed by atoms with van der Waals surface area (Å²) in [5.41, 5.74) is 1.17. The highest BCUT2D eigenvalue weighted by Crippen LogP contribution is 2.24. The number of aromatic amines is 1. The minimum Gasteiger partial charge on any atom is -0.491 e. The molecule has 0 aliphatic carbocycles. The highest BCUT2D eigenvalue weighted by atomic mass is 19.1. The molecular formula is C17H22FN3O2. The van der Waals surface area contributed by atoms with Gasteiger partial charge in [-0.3, -0.25) is 4.90 Å². The van der Waals surface area contributed by atoms with Crippen molar-refractivity contribution in [3.8, 4) is 5.75 Å². The fraction of sp³-hybridized carbons (Fsp3) is 0.471. The Morgan fingerprint density at radius 3 is 2.87 bits per heavy atom. The third kappa shape index (κ3) is 4.09. The number of halogens is 1. The lowest BCUT2D eigenvalue weighted by molar-refractivity contribution is -0.0623. The molecule has 1 aliphatic rings. The number of nitrogens with zero attached hydrogens (tertiary/aromatic N) is 2. The molecule has 0 radical (unpaired) electrons. The minimum absolute atomic E-state index is 0.203. The second-order valence-corrected chi connectivity index (χ2v) is 6.26. The third-order valence-corrected chi connectivity index (χ3v) is 4.26. The van der Waals surface area contributed by atoms with Gasteiger partial charge in [0, 0.05) is 18.8 Å². The number of imidazole rings is 1. The number of ether oxygens (including phenoxy) is 1. The van der Waals surface area contributed by atoms with Gasteiger partial charge in [0.25, 0.3) is 0 Å². The van der Waals surface area contributed by atoms with Crippen LogP contribution in [0.15, 0.2) is 30.6 Å². The standard InChI is InChI=1S/C17H22FN3O2/c1-13-16(20-12-19-13)9-21-8-2-7-17(22,10-21)11-23-15-5-3-14(18)4-6-15/h3-6,12,22H,2,7-11H2,1H3,(H,19,20). The maximum absolute atomic E-state index is 12.9. The summed E-state index contributed by atoms with van der Waals surface area (Å²) in [4.78, 5) is 9.58. The largest absolute Gasteiger partial charge is 0.491 e. The molecule has 1 aromatic carbocycles. The van der Waals surface area contributed by atoms with Crippen molar-refractivity contribution in [2.24, 2.45) is 0 Å². The molecule has 3 rings (SSSR count). The highest BCUT2D eigenvalue weighted by molar-refractivity contribution is 5.22. The van der Waals surface area contributed by atoms with Gasteiger partial charge >= 0.3 is 0 Å². The van der Waals surface area contributed by atoms with Gasteiger partial charge in [0.15, 0.2) is 0 Å². The number of hydrogen-bond acceptors (Lipinski definition) is 4. The lowest BCUT2D eigenvalue weighted by Crippen LogP contribution is -2.51. The van der Waals surface area contributed by atoms with E-state index in [0.29, 0.717) is 25.3 Å². The smallest absolute Gasteiger partial charge is 0.123 e. The van der Waals surface area contributed by atoms with Gasteiger partial charge in [0.05, 0.1) is 12.0 Å². The van der Waals surface area contributed by atoms with E-state index >= 15 is 0 Å². The molecule has 124 valence electrons. The van der Waals surface area contributed by atoms with Gasteiger partial charge in [0.1, 0.15) is 23.8 Å². The molecule has 1 saturated heterocycles. The van der Waals surface area contributed by atoms with Crippen molar-refractivity contribution >= 4 is 0 Å². The second kappa shape index (κ2) is 6.68. The van der Waals surface area contributed by atoms with E-state index in [0.717, 1.165) is 24.4 Å². The zero-order valence-corrected chi connectivity index (χ0v) is 13.3. The van der Waals surface area contributed by atoms with Gasteiger partial charge in [-0.2, -0.15) is 0 Å². The predicted octanol–water partition coefficient (Wildman–Crippen LogP) is 2.26. The van der Waals surface area contributed by atoms with Crippen LogP contribution >= 0.6 is 0 Å². The Hall–Kier alpha value is -1.92. The van der Waals surface area contributed by atoms with Crippen molar-refractivity contribution in [3.05, 3.63) is 47.8 Å². The molecule has 0 bridgehead atoms. The summed E-state index contributed by atoms with van der Waals surface area (Å²) >= 11 is 0. The maximum Gasteiger partial charge on any atom is 0.123 e. The molecule has 0 spiro atoms. The van der Waals surface area contributed by atoms with Crippen molar-refractivity contribution in [2.45, 2.75) is 31.9 Å². The summed E-state index contributed by atoms with van der Waals surface area (Å²) in [7, 11) is 0. The SMILES string of the molecule is Cc1[nH]cnc1CN1CCCC(O)(COc2ccc(F)cc2)C1. The number of aliphatic hydroxyl groups is 1. The van der Waals surface area contributed by atoms with Gasteiger partial charge in [0.2, 0.25) is 0 Å². The lowest BCUT2D eigenvalue weighted by Gasteiger charge is -2.38. The Kier molecular flexibility index (Phi) is 4.63. The van der Waals surface area contributed by atoms with E-state index in [1.54, 1.807) is 18.5 Å². The quantitative estimate of drug-likeness (QED) is 0.887. The third-order valence-electron chi connectivity index (χ3n) is 4.26. The van der Waals surface area contributed by atoms with Crippen LogP contribution < -0.4 is 4.74 Å². The average Bonchev–Trinajstić information content (AvgIpc) is 2.92.